The molecule has 3 aromatic rings. The van der Waals surface area contributed by atoms with Crippen LogP contribution >= 0.6 is 0 Å². The normalized spacial score (nSPS) is 16.1. The van der Waals surface area contributed by atoms with Crippen molar-refractivity contribution >= 4 is 29.5 Å². The summed E-state index contributed by atoms with van der Waals surface area (Å²) >= 11 is 0. The van der Waals surface area contributed by atoms with Crippen molar-refractivity contribution in [3.8, 4) is 0 Å². The number of benzene rings is 2. The van der Waals surface area contributed by atoms with Crippen molar-refractivity contribution in [2.45, 2.75) is 37.9 Å². The highest BCUT2D eigenvalue weighted by atomic mass is 16.4. The van der Waals surface area contributed by atoms with Gasteiger partial charge in [0.1, 0.15) is 18.3 Å². The molecule has 0 saturated carbocycles. The smallest absolute Gasteiger partial charge is 0.304 e. The van der Waals surface area contributed by atoms with Gasteiger partial charge in [0.25, 0.3) is 5.91 Å². The first-order valence-corrected chi connectivity index (χ1v) is 11.3. The number of nitrogens with one attached hydrogen (secondary N) is 1. The lowest BCUT2D eigenvalue weighted by Gasteiger charge is -2.27. The lowest BCUT2D eigenvalue weighted by atomic mass is 10.0. The molecule has 0 bridgehead atoms. The van der Waals surface area contributed by atoms with Crippen LogP contribution in [0.3, 0.4) is 0 Å². The van der Waals surface area contributed by atoms with Gasteiger partial charge < -0.3 is 14.6 Å². The molecule has 1 fully saturated rings. The summed E-state index contributed by atoms with van der Waals surface area (Å²) in [6, 6.07) is 16.6. The number of Topliss-reactive ketones (excluding diaryl/α,β-unsaturated/α-hetero) is 1. The van der Waals surface area contributed by atoms with Gasteiger partial charge in [0.05, 0.1) is 6.20 Å². The van der Waals surface area contributed by atoms with E-state index < -0.39 is 29.7 Å². The third-order valence-electron chi connectivity index (χ3n) is 5.96. The van der Waals surface area contributed by atoms with Gasteiger partial charge in [-0.15, -0.1) is 0 Å². The highest BCUT2D eigenvalue weighted by molar-refractivity contribution is 6.43. The largest absolute Gasteiger partial charge is 0.432 e. The van der Waals surface area contributed by atoms with Gasteiger partial charge in [-0.3, -0.25) is 24.1 Å². The predicted octanol–water partition coefficient (Wildman–Crippen LogP) is 2.13. The van der Waals surface area contributed by atoms with Gasteiger partial charge >= 0.3 is 6.01 Å². The van der Waals surface area contributed by atoms with Crippen molar-refractivity contribution in [1.29, 1.82) is 0 Å². The Morgan fingerprint density at radius 2 is 1.74 bits per heavy atom. The number of aromatic nitrogens is 1. The van der Waals surface area contributed by atoms with Gasteiger partial charge in [-0.2, -0.15) is 0 Å². The summed E-state index contributed by atoms with van der Waals surface area (Å²) < 4.78 is 5.12. The molecule has 1 unspecified atom stereocenters. The van der Waals surface area contributed by atoms with Crippen LogP contribution in [0.4, 0.5) is 6.01 Å². The summed E-state index contributed by atoms with van der Waals surface area (Å²) in [5.41, 5.74) is 1.68. The van der Waals surface area contributed by atoms with Crippen molar-refractivity contribution in [2.24, 2.45) is 0 Å². The minimum absolute atomic E-state index is 0.0245. The van der Waals surface area contributed by atoms with Crippen LogP contribution in [-0.4, -0.2) is 52.5 Å². The molecule has 1 aromatic heterocycles. The Kier molecular flexibility index (Phi) is 7.35. The number of ketones is 1. The molecule has 0 aliphatic carbocycles. The number of likely N-dealkylation sites (tertiary alicyclic amines) is 1. The highest BCUT2D eigenvalue weighted by Crippen LogP contribution is 2.22. The Morgan fingerprint density at radius 1 is 1.09 bits per heavy atom. The monoisotopic (exact) mass is 474 g/mol. The van der Waals surface area contributed by atoms with Crippen LogP contribution in [0.1, 0.15) is 24.0 Å². The Morgan fingerprint density at radius 3 is 2.37 bits per heavy atom. The van der Waals surface area contributed by atoms with E-state index in [1.54, 1.807) is 0 Å². The van der Waals surface area contributed by atoms with Crippen molar-refractivity contribution in [2.75, 3.05) is 11.9 Å². The van der Waals surface area contributed by atoms with E-state index in [1.807, 2.05) is 60.7 Å². The number of anilines is 1. The van der Waals surface area contributed by atoms with Gasteiger partial charge in [-0.05, 0) is 17.5 Å². The fraction of sp³-hybridized carbons (Fsp3) is 0.269. The summed E-state index contributed by atoms with van der Waals surface area (Å²) in [6.45, 7) is 0.293. The number of nitrogens with zero attached hydrogens (tertiary/aromatic N) is 3. The van der Waals surface area contributed by atoms with E-state index in [0.29, 0.717) is 13.0 Å². The first-order valence-electron chi connectivity index (χ1n) is 11.3. The Labute approximate surface area is 202 Å². The standard InChI is InChI=1S/C26H26N4O5/c1-29(26-27-14-15-35-26)25(34)23(32)20(16-18-8-4-2-5-9-18)28-24(33)21-12-13-22(31)30(21)17-19-10-6-3-7-11-19/h2-11,14-15,20-21H,12-13,16-17H2,1H3,(H,28,33)/t20?,21-/m0/s1. The predicted molar refractivity (Wildman–Crippen MR) is 127 cm³/mol. The zero-order chi connectivity index (χ0) is 24.8. The van der Waals surface area contributed by atoms with E-state index in [0.717, 1.165) is 16.0 Å². The van der Waals surface area contributed by atoms with E-state index >= 15 is 0 Å². The number of carbonyl (C=O) groups is 4. The summed E-state index contributed by atoms with van der Waals surface area (Å²) in [6.07, 6.45) is 3.37. The van der Waals surface area contributed by atoms with Gasteiger partial charge in [0, 0.05) is 26.4 Å². The summed E-state index contributed by atoms with van der Waals surface area (Å²) in [5.74, 6) is -2.26. The van der Waals surface area contributed by atoms with Crippen molar-refractivity contribution in [1.82, 2.24) is 15.2 Å². The Balaban J connectivity index is 1.52. The molecule has 180 valence electrons. The fourth-order valence-corrected chi connectivity index (χ4v) is 4.09. The lowest BCUT2D eigenvalue weighted by Crippen LogP contribution is -2.53. The number of hydrogen-bond donors (Lipinski definition) is 1. The second-order valence-corrected chi connectivity index (χ2v) is 8.36. The molecule has 2 heterocycles. The molecule has 0 radical (unpaired) electrons. The van der Waals surface area contributed by atoms with Crippen LogP contribution in [0.5, 0.6) is 0 Å². The molecule has 1 N–H and O–H groups in total. The highest BCUT2D eigenvalue weighted by Gasteiger charge is 2.39. The summed E-state index contributed by atoms with van der Waals surface area (Å²) in [4.78, 5) is 58.4. The molecule has 0 spiro atoms. The lowest BCUT2D eigenvalue weighted by molar-refractivity contribution is -0.140. The van der Waals surface area contributed by atoms with E-state index in [-0.39, 0.29) is 24.8 Å². The van der Waals surface area contributed by atoms with E-state index in [1.165, 1.54) is 24.4 Å². The van der Waals surface area contributed by atoms with Crippen LogP contribution < -0.4 is 10.2 Å². The summed E-state index contributed by atoms with van der Waals surface area (Å²) in [5, 5.41) is 2.74. The molecule has 3 amide bonds. The number of rotatable bonds is 9. The minimum Gasteiger partial charge on any atom is -0.432 e. The van der Waals surface area contributed by atoms with Crippen LogP contribution in [0, 0.1) is 0 Å². The van der Waals surface area contributed by atoms with Gasteiger partial charge in [0.15, 0.2) is 0 Å². The minimum atomic E-state index is -1.12. The molecular formula is C26H26N4O5. The van der Waals surface area contributed by atoms with Crippen molar-refractivity contribution in [3.63, 3.8) is 0 Å². The Bertz CT molecular complexity index is 1180. The number of likely N-dealkylation sites (N-methyl/N-ethyl adjacent to an activating group) is 1. The maximum atomic E-state index is 13.3. The van der Waals surface area contributed by atoms with E-state index in [4.69, 9.17) is 4.42 Å². The topological polar surface area (TPSA) is 113 Å². The molecular weight excluding hydrogens is 448 g/mol. The average Bonchev–Trinajstić information content (AvgIpc) is 3.54. The average molecular weight is 475 g/mol. The first-order chi connectivity index (χ1) is 16.9. The molecule has 9 heteroatoms. The number of oxazole rings is 1. The van der Waals surface area contributed by atoms with Crippen LogP contribution in [0.15, 0.2) is 77.5 Å². The zero-order valence-electron chi connectivity index (χ0n) is 19.3. The van der Waals surface area contributed by atoms with Crippen LogP contribution in [0.2, 0.25) is 0 Å². The number of carbonyl (C=O) groups excluding carboxylic acids is 4. The van der Waals surface area contributed by atoms with Gasteiger partial charge in [-0.1, -0.05) is 60.7 Å². The second-order valence-electron chi connectivity index (χ2n) is 8.36. The molecule has 2 aromatic carbocycles. The molecule has 9 nitrogen and oxygen atoms in total. The third kappa shape index (κ3) is 5.63. The molecule has 1 aliphatic heterocycles. The maximum Gasteiger partial charge on any atom is 0.304 e. The quantitative estimate of drug-likeness (QED) is 0.476. The van der Waals surface area contributed by atoms with Crippen LogP contribution in [-0.2, 0) is 32.1 Å². The molecule has 35 heavy (non-hydrogen) atoms. The number of amides is 3. The van der Waals surface area contributed by atoms with Gasteiger partial charge in [0.2, 0.25) is 17.6 Å². The molecule has 4 rings (SSSR count). The second kappa shape index (κ2) is 10.8. The van der Waals surface area contributed by atoms with Crippen molar-refractivity contribution in [3.05, 3.63) is 84.3 Å². The first kappa shape index (κ1) is 23.9. The SMILES string of the molecule is CN(C(=O)C(=O)C(Cc1ccccc1)NC(=O)[C@@H]1CCC(=O)N1Cc1ccccc1)c1ncco1. The fourth-order valence-electron chi connectivity index (χ4n) is 4.09. The van der Waals surface area contributed by atoms with E-state index in [9.17, 15) is 19.2 Å². The van der Waals surface area contributed by atoms with Crippen molar-refractivity contribution < 1.29 is 23.6 Å². The van der Waals surface area contributed by atoms with Crippen LogP contribution in [0.25, 0.3) is 0 Å². The Hall–Kier alpha value is -4.27. The van der Waals surface area contributed by atoms with Gasteiger partial charge in [-0.25, -0.2) is 4.98 Å². The molecule has 2 atom stereocenters. The molecule has 1 aliphatic rings. The molecule has 1 saturated heterocycles. The van der Waals surface area contributed by atoms with E-state index in [2.05, 4.69) is 10.3 Å². The zero-order valence-corrected chi connectivity index (χ0v) is 19.3. The maximum absolute atomic E-state index is 13.3. The number of hydrogen-bond acceptors (Lipinski definition) is 6. The third-order valence-corrected chi connectivity index (χ3v) is 5.96. The summed E-state index contributed by atoms with van der Waals surface area (Å²) in [7, 11) is 1.38.